The number of nitrogens with zero attached hydrogens (tertiary/aromatic N) is 1. The SMILES string of the molecule is c1ccc(-c2ccc(N(c3ccc4ccc(-c5ccc6cc(-c7ccccc7)ccc6c5)cc4c3)c3ccc4c(c3)oc3ccccc34)cc2)cc1. The summed E-state index contributed by atoms with van der Waals surface area (Å²) >= 11 is 0. The van der Waals surface area contributed by atoms with Crippen molar-refractivity contribution >= 4 is 60.5 Å². The van der Waals surface area contributed by atoms with E-state index in [9.17, 15) is 0 Å². The second kappa shape index (κ2) is 12.5. The lowest BCUT2D eigenvalue weighted by molar-refractivity contribution is 0.669. The first-order valence-electron chi connectivity index (χ1n) is 17.7. The van der Waals surface area contributed by atoms with Gasteiger partial charge >= 0.3 is 0 Å². The number of fused-ring (bicyclic) bond motifs is 5. The Kier molecular flexibility index (Phi) is 7.18. The van der Waals surface area contributed by atoms with E-state index in [-0.39, 0.29) is 0 Å². The van der Waals surface area contributed by atoms with Gasteiger partial charge in [-0.15, -0.1) is 0 Å². The van der Waals surface area contributed by atoms with Crippen molar-refractivity contribution in [2.24, 2.45) is 0 Å². The molecule has 0 aliphatic carbocycles. The average molecular weight is 664 g/mol. The normalized spacial score (nSPS) is 11.5. The molecule has 0 amide bonds. The van der Waals surface area contributed by atoms with Crippen LogP contribution in [0, 0.1) is 0 Å². The molecule has 10 aromatic rings. The van der Waals surface area contributed by atoms with Crippen LogP contribution in [0.2, 0.25) is 0 Å². The molecule has 0 radical (unpaired) electrons. The Bertz CT molecular complexity index is 2890. The number of rotatable bonds is 6. The number of hydrogen-bond acceptors (Lipinski definition) is 2. The van der Waals surface area contributed by atoms with E-state index < -0.39 is 0 Å². The molecule has 0 atom stereocenters. The minimum absolute atomic E-state index is 0.875. The molecule has 0 saturated carbocycles. The first-order valence-corrected chi connectivity index (χ1v) is 17.7. The van der Waals surface area contributed by atoms with Crippen LogP contribution in [0.3, 0.4) is 0 Å². The highest BCUT2D eigenvalue weighted by Gasteiger charge is 2.17. The molecule has 0 fully saturated rings. The van der Waals surface area contributed by atoms with Crippen molar-refractivity contribution in [3.8, 4) is 33.4 Å². The summed E-state index contributed by atoms with van der Waals surface area (Å²) < 4.78 is 6.36. The molecule has 9 aromatic carbocycles. The van der Waals surface area contributed by atoms with E-state index in [1.54, 1.807) is 0 Å². The van der Waals surface area contributed by atoms with Crippen molar-refractivity contribution in [1.82, 2.24) is 0 Å². The smallest absolute Gasteiger partial charge is 0.137 e. The van der Waals surface area contributed by atoms with Gasteiger partial charge in [0.15, 0.2) is 0 Å². The van der Waals surface area contributed by atoms with E-state index in [2.05, 4.69) is 193 Å². The van der Waals surface area contributed by atoms with Gasteiger partial charge in [-0.3, -0.25) is 0 Å². The molecule has 0 saturated heterocycles. The van der Waals surface area contributed by atoms with Gasteiger partial charge in [0.05, 0.1) is 0 Å². The lowest BCUT2D eigenvalue weighted by Gasteiger charge is -2.26. The third-order valence-electron chi connectivity index (χ3n) is 10.2. The van der Waals surface area contributed by atoms with Crippen LogP contribution in [0.15, 0.2) is 205 Å². The number of anilines is 3. The van der Waals surface area contributed by atoms with E-state index in [4.69, 9.17) is 4.42 Å². The van der Waals surface area contributed by atoms with Gasteiger partial charge in [-0.05, 0) is 116 Å². The maximum atomic E-state index is 6.36. The molecule has 10 rings (SSSR count). The van der Waals surface area contributed by atoms with E-state index in [0.717, 1.165) is 39.0 Å². The molecule has 0 spiro atoms. The summed E-state index contributed by atoms with van der Waals surface area (Å²) in [7, 11) is 0. The van der Waals surface area contributed by atoms with Gasteiger partial charge in [-0.1, -0.05) is 133 Å². The zero-order valence-electron chi connectivity index (χ0n) is 28.4. The van der Waals surface area contributed by atoms with Gasteiger partial charge in [0.2, 0.25) is 0 Å². The number of furan rings is 1. The molecular weight excluding hydrogens is 631 g/mol. The Morgan fingerprint density at radius 3 is 1.44 bits per heavy atom. The van der Waals surface area contributed by atoms with Gasteiger partial charge in [0.1, 0.15) is 11.2 Å². The third kappa shape index (κ3) is 5.39. The van der Waals surface area contributed by atoms with Crippen molar-refractivity contribution in [3.63, 3.8) is 0 Å². The van der Waals surface area contributed by atoms with Crippen LogP contribution in [0.4, 0.5) is 17.1 Å². The summed E-state index contributed by atoms with van der Waals surface area (Å²) in [6.07, 6.45) is 0. The summed E-state index contributed by atoms with van der Waals surface area (Å²) in [5.41, 5.74) is 12.2. The topological polar surface area (TPSA) is 16.4 Å². The fourth-order valence-corrected chi connectivity index (χ4v) is 7.52. The monoisotopic (exact) mass is 663 g/mol. The maximum Gasteiger partial charge on any atom is 0.137 e. The Morgan fingerprint density at radius 1 is 0.269 bits per heavy atom. The predicted octanol–water partition coefficient (Wildman–Crippen LogP) is 14.4. The van der Waals surface area contributed by atoms with Gasteiger partial charge in [-0.25, -0.2) is 0 Å². The summed E-state index contributed by atoms with van der Waals surface area (Å²) in [6, 6.07) is 71.8. The molecule has 2 heteroatoms. The zero-order chi connectivity index (χ0) is 34.4. The van der Waals surface area contributed by atoms with Crippen molar-refractivity contribution in [2.45, 2.75) is 0 Å². The minimum Gasteiger partial charge on any atom is -0.456 e. The number of benzene rings is 9. The lowest BCUT2D eigenvalue weighted by Crippen LogP contribution is -2.09. The second-order valence-corrected chi connectivity index (χ2v) is 13.4. The summed E-state index contributed by atoms with van der Waals surface area (Å²) in [6.45, 7) is 0. The molecule has 1 heterocycles. The summed E-state index contributed by atoms with van der Waals surface area (Å²) in [5.74, 6) is 0. The van der Waals surface area contributed by atoms with Crippen LogP contribution in [0.5, 0.6) is 0 Å². The predicted molar refractivity (Wildman–Crippen MR) is 220 cm³/mol. The Balaban J connectivity index is 1.06. The van der Waals surface area contributed by atoms with E-state index in [1.807, 2.05) is 12.1 Å². The largest absolute Gasteiger partial charge is 0.456 e. The van der Waals surface area contributed by atoms with Crippen LogP contribution >= 0.6 is 0 Å². The van der Waals surface area contributed by atoms with Gasteiger partial charge in [0, 0.05) is 33.9 Å². The first kappa shape index (κ1) is 30.0. The Morgan fingerprint density at radius 2 is 0.731 bits per heavy atom. The Hall–Kier alpha value is -6.90. The van der Waals surface area contributed by atoms with Crippen LogP contribution in [0.1, 0.15) is 0 Å². The van der Waals surface area contributed by atoms with Crippen LogP contribution in [0.25, 0.3) is 76.9 Å². The van der Waals surface area contributed by atoms with E-state index >= 15 is 0 Å². The quantitative estimate of drug-likeness (QED) is 0.176. The van der Waals surface area contributed by atoms with Gasteiger partial charge in [-0.2, -0.15) is 0 Å². The first-order chi connectivity index (χ1) is 25.7. The molecule has 0 N–H and O–H groups in total. The fraction of sp³-hybridized carbons (Fsp3) is 0. The minimum atomic E-state index is 0.875. The molecular formula is C50H33NO. The highest BCUT2D eigenvalue weighted by atomic mass is 16.3. The molecule has 52 heavy (non-hydrogen) atoms. The molecule has 0 aliphatic heterocycles. The summed E-state index contributed by atoms with van der Waals surface area (Å²) in [5, 5.41) is 7.11. The standard InChI is InChI=1S/C50H33NO/c1-3-9-34(10-4-1)36-21-24-44(25-22-36)51(46-27-28-48-47-13-7-8-14-49(47)52-50(48)33-46)45-26-23-37-15-16-42(31-43(37)32-45)41-20-19-39-29-38(17-18-40(39)30-41)35-11-5-2-6-12-35/h1-33H. The van der Waals surface area contributed by atoms with Crippen LogP contribution in [-0.4, -0.2) is 0 Å². The van der Waals surface area contributed by atoms with Gasteiger partial charge in [0.25, 0.3) is 0 Å². The van der Waals surface area contributed by atoms with Crippen molar-refractivity contribution in [3.05, 3.63) is 200 Å². The van der Waals surface area contributed by atoms with Gasteiger partial charge < -0.3 is 9.32 Å². The fourth-order valence-electron chi connectivity index (χ4n) is 7.52. The molecule has 0 unspecified atom stereocenters. The zero-order valence-corrected chi connectivity index (χ0v) is 28.4. The lowest BCUT2D eigenvalue weighted by atomic mass is 9.96. The number of para-hydroxylation sites is 1. The third-order valence-corrected chi connectivity index (χ3v) is 10.2. The molecule has 2 nitrogen and oxygen atoms in total. The van der Waals surface area contributed by atoms with Crippen molar-refractivity contribution in [1.29, 1.82) is 0 Å². The Labute approximate surface area is 302 Å². The maximum absolute atomic E-state index is 6.36. The van der Waals surface area contributed by atoms with Crippen molar-refractivity contribution < 1.29 is 4.42 Å². The average Bonchev–Trinajstić information content (AvgIpc) is 3.59. The van der Waals surface area contributed by atoms with Crippen LogP contribution < -0.4 is 4.90 Å². The summed E-state index contributed by atoms with van der Waals surface area (Å²) in [4.78, 5) is 2.33. The van der Waals surface area contributed by atoms with E-state index in [0.29, 0.717) is 0 Å². The second-order valence-electron chi connectivity index (χ2n) is 13.4. The van der Waals surface area contributed by atoms with Crippen molar-refractivity contribution in [2.75, 3.05) is 4.90 Å². The van der Waals surface area contributed by atoms with E-state index in [1.165, 1.54) is 54.9 Å². The highest BCUT2D eigenvalue weighted by Crippen LogP contribution is 2.40. The van der Waals surface area contributed by atoms with Crippen LogP contribution in [-0.2, 0) is 0 Å². The number of hydrogen-bond donors (Lipinski definition) is 0. The highest BCUT2D eigenvalue weighted by molar-refractivity contribution is 6.06. The molecule has 1 aromatic heterocycles. The molecule has 0 aliphatic rings. The molecule has 0 bridgehead atoms. The molecule has 244 valence electrons.